The van der Waals surface area contributed by atoms with Crippen LogP contribution in [0.15, 0.2) is 24.3 Å². The minimum Gasteiger partial charge on any atom is -0.308 e. The number of benzene rings is 1. The van der Waals surface area contributed by atoms with Gasteiger partial charge in [-0.25, -0.2) is 4.39 Å². The predicted molar refractivity (Wildman–Crippen MR) is 80.3 cm³/mol. The Hall–Kier alpha value is -0.930. The Morgan fingerprint density at radius 2 is 2.20 bits per heavy atom. The maximum absolute atomic E-state index is 13.2. The van der Waals surface area contributed by atoms with E-state index in [0.29, 0.717) is 6.04 Å². The fraction of sp³-hybridized carbons (Fsp3) is 0.647. The van der Waals surface area contributed by atoms with Gasteiger partial charge in [0.25, 0.3) is 0 Å². The van der Waals surface area contributed by atoms with Crippen molar-refractivity contribution in [2.45, 2.75) is 44.7 Å². The zero-order valence-electron chi connectivity index (χ0n) is 12.5. The molecule has 110 valence electrons. The second-order valence-corrected chi connectivity index (χ2v) is 6.77. The zero-order chi connectivity index (χ0) is 14.2. The molecule has 1 aliphatic heterocycles. The van der Waals surface area contributed by atoms with E-state index in [1.807, 2.05) is 6.07 Å². The van der Waals surface area contributed by atoms with Crippen molar-refractivity contribution in [2.24, 2.45) is 5.92 Å². The van der Waals surface area contributed by atoms with E-state index in [4.69, 9.17) is 0 Å². The van der Waals surface area contributed by atoms with Gasteiger partial charge >= 0.3 is 0 Å². The van der Waals surface area contributed by atoms with Crippen LogP contribution in [0.4, 0.5) is 4.39 Å². The Balaban J connectivity index is 1.60. The van der Waals surface area contributed by atoms with Crippen molar-refractivity contribution >= 4 is 0 Å². The molecule has 3 heteroatoms. The molecular formula is C17H25FN2. The van der Waals surface area contributed by atoms with Crippen LogP contribution in [0, 0.1) is 11.7 Å². The molecule has 1 heterocycles. The lowest BCUT2D eigenvalue weighted by Gasteiger charge is -2.45. The smallest absolute Gasteiger partial charge is 0.123 e. The van der Waals surface area contributed by atoms with Gasteiger partial charge in [0.1, 0.15) is 5.82 Å². The van der Waals surface area contributed by atoms with Crippen molar-refractivity contribution < 1.29 is 4.39 Å². The molecule has 1 aliphatic carbocycles. The second kappa shape index (κ2) is 5.45. The molecule has 1 aromatic rings. The van der Waals surface area contributed by atoms with Gasteiger partial charge in [-0.05, 0) is 56.7 Å². The standard InChI is InChI=1S/C17H25FN2/c1-13-11-19-17(2,15-6-7-15)12-20(13)9-8-14-4-3-5-16(18)10-14/h3-5,10,13,15,19H,6-9,11-12H2,1-2H3. The molecule has 0 radical (unpaired) electrons. The van der Waals surface area contributed by atoms with Gasteiger partial charge in [0.05, 0.1) is 0 Å². The highest BCUT2D eigenvalue weighted by atomic mass is 19.1. The van der Waals surface area contributed by atoms with Gasteiger partial charge in [0.15, 0.2) is 0 Å². The summed E-state index contributed by atoms with van der Waals surface area (Å²) in [5.74, 6) is 0.727. The van der Waals surface area contributed by atoms with Crippen molar-refractivity contribution in [3.05, 3.63) is 35.6 Å². The third-order valence-corrected chi connectivity index (χ3v) is 5.01. The Morgan fingerprint density at radius 3 is 2.90 bits per heavy atom. The summed E-state index contributed by atoms with van der Waals surface area (Å²) in [5, 5.41) is 3.74. The monoisotopic (exact) mass is 276 g/mol. The highest BCUT2D eigenvalue weighted by Crippen LogP contribution is 2.41. The van der Waals surface area contributed by atoms with Crippen LogP contribution in [0.25, 0.3) is 0 Å². The number of rotatable bonds is 4. The third kappa shape index (κ3) is 3.04. The Kier molecular flexibility index (Phi) is 3.83. The van der Waals surface area contributed by atoms with Gasteiger partial charge in [0, 0.05) is 31.2 Å². The average molecular weight is 276 g/mol. The van der Waals surface area contributed by atoms with E-state index in [1.165, 1.54) is 18.9 Å². The summed E-state index contributed by atoms with van der Waals surface area (Å²) >= 11 is 0. The van der Waals surface area contributed by atoms with E-state index in [0.717, 1.165) is 37.5 Å². The van der Waals surface area contributed by atoms with Gasteiger partial charge in [-0.1, -0.05) is 12.1 Å². The van der Waals surface area contributed by atoms with E-state index in [9.17, 15) is 4.39 Å². The minimum absolute atomic E-state index is 0.126. The van der Waals surface area contributed by atoms with Crippen molar-refractivity contribution in [3.63, 3.8) is 0 Å². The molecule has 0 bridgehead atoms. The van der Waals surface area contributed by atoms with Crippen LogP contribution >= 0.6 is 0 Å². The van der Waals surface area contributed by atoms with Gasteiger partial charge in [-0.2, -0.15) is 0 Å². The van der Waals surface area contributed by atoms with Crippen LogP contribution in [-0.2, 0) is 6.42 Å². The molecule has 1 saturated carbocycles. The molecule has 0 amide bonds. The number of nitrogens with zero attached hydrogens (tertiary/aromatic N) is 1. The summed E-state index contributed by atoms with van der Waals surface area (Å²) in [4.78, 5) is 2.57. The van der Waals surface area contributed by atoms with Crippen LogP contribution < -0.4 is 5.32 Å². The number of hydrogen-bond donors (Lipinski definition) is 1. The maximum atomic E-state index is 13.2. The number of piperazine rings is 1. The summed E-state index contributed by atoms with van der Waals surface area (Å²) < 4.78 is 13.2. The van der Waals surface area contributed by atoms with E-state index >= 15 is 0 Å². The lowest BCUT2D eigenvalue weighted by molar-refractivity contribution is 0.0844. The van der Waals surface area contributed by atoms with Gasteiger partial charge < -0.3 is 5.32 Å². The van der Waals surface area contributed by atoms with Crippen LogP contribution in [0.1, 0.15) is 32.3 Å². The summed E-state index contributed by atoms with van der Waals surface area (Å²) in [6, 6.07) is 7.57. The molecule has 20 heavy (non-hydrogen) atoms. The van der Waals surface area contributed by atoms with E-state index in [-0.39, 0.29) is 11.4 Å². The molecule has 2 aliphatic rings. The Bertz CT molecular complexity index is 472. The fourth-order valence-corrected chi connectivity index (χ4v) is 3.40. The van der Waals surface area contributed by atoms with Crippen LogP contribution in [0.5, 0.6) is 0 Å². The van der Waals surface area contributed by atoms with Crippen molar-refractivity contribution in [3.8, 4) is 0 Å². The molecule has 1 N–H and O–H groups in total. The largest absolute Gasteiger partial charge is 0.308 e. The number of nitrogens with one attached hydrogen (secondary N) is 1. The topological polar surface area (TPSA) is 15.3 Å². The van der Waals surface area contributed by atoms with Crippen molar-refractivity contribution in [1.82, 2.24) is 10.2 Å². The first-order valence-corrected chi connectivity index (χ1v) is 7.80. The van der Waals surface area contributed by atoms with Gasteiger partial charge in [0.2, 0.25) is 0 Å². The Labute approximate surface area is 121 Å². The molecule has 1 aromatic carbocycles. The van der Waals surface area contributed by atoms with Crippen LogP contribution in [0.3, 0.4) is 0 Å². The van der Waals surface area contributed by atoms with Crippen molar-refractivity contribution in [2.75, 3.05) is 19.6 Å². The molecule has 3 rings (SSSR count). The first-order valence-electron chi connectivity index (χ1n) is 7.80. The fourth-order valence-electron chi connectivity index (χ4n) is 3.40. The van der Waals surface area contributed by atoms with Crippen molar-refractivity contribution in [1.29, 1.82) is 0 Å². The second-order valence-electron chi connectivity index (χ2n) is 6.77. The lowest BCUT2D eigenvalue weighted by Crippen LogP contribution is -2.63. The van der Waals surface area contributed by atoms with Gasteiger partial charge in [-0.3, -0.25) is 4.90 Å². The first kappa shape index (κ1) is 14.0. The third-order valence-electron chi connectivity index (χ3n) is 5.01. The predicted octanol–water partition coefficient (Wildman–Crippen LogP) is 2.83. The number of halogens is 1. The average Bonchev–Trinajstić information content (AvgIpc) is 3.25. The molecule has 0 spiro atoms. The molecule has 2 fully saturated rings. The van der Waals surface area contributed by atoms with E-state index in [1.54, 1.807) is 12.1 Å². The van der Waals surface area contributed by atoms with Gasteiger partial charge in [-0.15, -0.1) is 0 Å². The normalized spacial score (nSPS) is 31.4. The highest BCUT2D eigenvalue weighted by Gasteiger charge is 2.45. The highest BCUT2D eigenvalue weighted by molar-refractivity contribution is 5.16. The summed E-state index contributed by atoms with van der Waals surface area (Å²) in [7, 11) is 0. The minimum atomic E-state index is -0.126. The molecule has 1 saturated heterocycles. The van der Waals surface area contributed by atoms with E-state index < -0.39 is 0 Å². The van der Waals surface area contributed by atoms with Crippen LogP contribution in [0.2, 0.25) is 0 Å². The Morgan fingerprint density at radius 1 is 1.40 bits per heavy atom. The molecule has 0 aromatic heterocycles. The quantitative estimate of drug-likeness (QED) is 0.909. The summed E-state index contributed by atoms with van der Waals surface area (Å²) in [6.45, 7) is 7.86. The lowest BCUT2D eigenvalue weighted by atomic mass is 9.91. The van der Waals surface area contributed by atoms with Crippen LogP contribution in [-0.4, -0.2) is 36.1 Å². The molecule has 2 unspecified atom stereocenters. The van der Waals surface area contributed by atoms with E-state index in [2.05, 4.69) is 24.1 Å². The first-order chi connectivity index (χ1) is 9.57. The maximum Gasteiger partial charge on any atom is 0.123 e. The molecular weight excluding hydrogens is 251 g/mol. The number of hydrogen-bond acceptors (Lipinski definition) is 2. The summed E-state index contributed by atoms with van der Waals surface area (Å²) in [6.07, 6.45) is 3.67. The molecule has 2 nitrogen and oxygen atoms in total. The zero-order valence-corrected chi connectivity index (χ0v) is 12.5. The molecule has 2 atom stereocenters. The SMILES string of the molecule is CC1CNC(C)(C2CC2)CN1CCc1cccc(F)c1. The summed E-state index contributed by atoms with van der Waals surface area (Å²) in [5.41, 5.74) is 1.39.